The zero-order chi connectivity index (χ0) is 16.7. The first-order valence-corrected chi connectivity index (χ1v) is 8.64. The lowest BCUT2D eigenvalue weighted by molar-refractivity contribution is 0.617. The lowest BCUT2D eigenvalue weighted by Crippen LogP contribution is -2.36. The summed E-state index contributed by atoms with van der Waals surface area (Å²) in [6.45, 7) is 7.86. The Morgan fingerprint density at radius 3 is 2.78 bits per heavy atom. The molecule has 2 rings (SSSR count). The first kappa shape index (κ1) is 17.4. The predicted octanol–water partition coefficient (Wildman–Crippen LogP) is 3.41. The molecule has 0 bridgehead atoms. The van der Waals surface area contributed by atoms with Crippen LogP contribution in [0.2, 0.25) is 0 Å². The highest BCUT2D eigenvalue weighted by Crippen LogP contribution is 2.13. The molecule has 0 aliphatic heterocycles. The summed E-state index contributed by atoms with van der Waals surface area (Å²) in [7, 11) is 0. The summed E-state index contributed by atoms with van der Waals surface area (Å²) in [5, 5.41) is 7.54. The van der Waals surface area contributed by atoms with E-state index < -0.39 is 0 Å². The minimum atomic E-state index is -0.182. The minimum Gasteiger partial charge on any atom is -0.357 e. The van der Waals surface area contributed by atoms with Crippen molar-refractivity contribution >= 4 is 17.3 Å². The highest BCUT2D eigenvalue weighted by atomic mass is 32.1. The summed E-state index contributed by atoms with van der Waals surface area (Å²) in [4.78, 5) is 10.2. The topological polar surface area (TPSA) is 49.3 Å². The average molecular weight is 334 g/mol. The molecule has 6 heteroatoms. The maximum atomic E-state index is 13.3. The number of hydrogen-bond donors (Lipinski definition) is 2. The van der Waals surface area contributed by atoms with Gasteiger partial charge in [0.2, 0.25) is 0 Å². The maximum Gasteiger partial charge on any atom is 0.191 e. The van der Waals surface area contributed by atoms with E-state index in [1.165, 1.54) is 10.9 Å². The van der Waals surface area contributed by atoms with Crippen LogP contribution >= 0.6 is 11.3 Å². The number of thiazole rings is 1. The van der Waals surface area contributed by atoms with E-state index in [0.29, 0.717) is 18.7 Å². The van der Waals surface area contributed by atoms with E-state index in [4.69, 9.17) is 0 Å². The molecule has 0 unspecified atom stereocenters. The summed E-state index contributed by atoms with van der Waals surface area (Å²) in [6, 6.07) is 5.09. The van der Waals surface area contributed by atoms with E-state index in [1.807, 2.05) is 19.2 Å². The fraction of sp³-hybridized carbons (Fsp3) is 0.412. The molecule has 1 aromatic heterocycles. The number of rotatable bonds is 6. The number of aliphatic imine (C=N–C) groups is 1. The number of benzene rings is 1. The highest BCUT2D eigenvalue weighted by molar-refractivity contribution is 7.11. The van der Waals surface area contributed by atoms with Crippen LogP contribution in [0.1, 0.15) is 34.9 Å². The predicted molar refractivity (Wildman–Crippen MR) is 94.3 cm³/mol. The Morgan fingerprint density at radius 2 is 2.13 bits per heavy atom. The number of nitrogens with one attached hydrogen (secondary N) is 2. The van der Waals surface area contributed by atoms with Crippen molar-refractivity contribution in [2.75, 3.05) is 6.54 Å². The lowest BCUT2D eigenvalue weighted by atomic mass is 10.1. The maximum absolute atomic E-state index is 13.3. The van der Waals surface area contributed by atoms with Gasteiger partial charge in [-0.05, 0) is 37.5 Å². The Hall–Kier alpha value is -1.95. The van der Waals surface area contributed by atoms with Gasteiger partial charge in [0.05, 0.1) is 13.1 Å². The smallest absolute Gasteiger partial charge is 0.191 e. The molecule has 0 amide bonds. The molecule has 0 fully saturated rings. The Morgan fingerprint density at radius 1 is 1.30 bits per heavy atom. The van der Waals surface area contributed by atoms with Crippen molar-refractivity contribution in [3.63, 3.8) is 0 Å². The first-order chi connectivity index (χ1) is 11.1. The van der Waals surface area contributed by atoms with Crippen molar-refractivity contribution in [1.82, 2.24) is 15.6 Å². The molecular weight excluding hydrogens is 311 g/mol. The molecule has 4 nitrogen and oxygen atoms in total. The van der Waals surface area contributed by atoms with Crippen LogP contribution in [0.15, 0.2) is 29.4 Å². The Balaban J connectivity index is 1.97. The molecular formula is C17H23FN4S. The second-order valence-corrected chi connectivity index (χ2v) is 6.41. The molecule has 0 atom stereocenters. The molecule has 1 heterocycles. The summed E-state index contributed by atoms with van der Waals surface area (Å²) in [6.07, 6.45) is 2.93. The molecule has 124 valence electrons. The Labute approximate surface area is 140 Å². The highest BCUT2D eigenvalue weighted by Gasteiger charge is 2.03. The lowest BCUT2D eigenvalue weighted by Gasteiger charge is -2.10. The zero-order valence-electron chi connectivity index (χ0n) is 13.8. The summed E-state index contributed by atoms with van der Waals surface area (Å²) >= 11 is 1.71. The molecule has 0 aliphatic rings. The number of guanidine groups is 1. The molecule has 0 saturated carbocycles. The normalized spacial score (nSPS) is 11.6. The molecule has 2 N–H and O–H groups in total. The largest absolute Gasteiger partial charge is 0.357 e. The summed E-state index contributed by atoms with van der Waals surface area (Å²) in [5.41, 5.74) is 1.63. The van der Waals surface area contributed by atoms with Gasteiger partial charge >= 0.3 is 0 Å². The molecule has 1 aromatic carbocycles. The quantitative estimate of drug-likeness (QED) is 0.629. The van der Waals surface area contributed by atoms with Gasteiger partial charge in [0.25, 0.3) is 0 Å². The third-order valence-electron chi connectivity index (χ3n) is 3.34. The van der Waals surface area contributed by atoms with Crippen LogP contribution in [0.3, 0.4) is 0 Å². The van der Waals surface area contributed by atoms with Crippen LogP contribution < -0.4 is 10.6 Å². The number of hydrogen-bond acceptors (Lipinski definition) is 3. The van der Waals surface area contributed by atoms with Crippen molar-refractivity contribution in [2.24, 2.45) is 4.99 Å². The first-order valence-electron chi connectivity index (χ1n) is 7.83. The van der Waals surface area contributed by atoms with Gasteiger partial charge in [-0.2, -0.15) is 0 Å². The SMILES string of the molecule is CCNC(=NCc1ccc(F)c(C)c1)NCc1ncc(CC)s1. The summed E-state index contributed by atoms with van der Waals surface area (Å²) in [5.74, 6) is 0.556. The second kappa shape index (κ2) is 8.62. The van der Waals surface area contributed by atoms with E-state index in [1.54, 1.807) is 24.3 Å². The molecule has 2 aromatic rings. The van der Waals surface area contributed by atoms with Gasteiger partial charge in [-0.1, -0.05) is 19.1 Å². The van der Waals surface area contributed by atoms with Crippen molar-refractivity contribution in [1.29, 1.82) is 0 Å². The van der Waals surface area contributed by atoms with Gasteiger partial charge in [-0.15, -0.1) is 11.3 Å². The number of aryl methyl sites for hydroxylation is 2. The van der Waals surface area contributed by atoms with Gasteiger partial charge in [0.15, 0.2) is 5.96 Å². The van der Waals surface area contributed by atoms with Gasteiger partial charge in [-0.3, -0.25) is 0 Å². The number of halogens is 1. The van der Waals surface area contributed by atoms with Crippen molar-refractivity contribution in [2.45, 2.75) is 40.3 Å². The van der Waals surface area contributed by atoms with Crippen LogP contribution in [0.4, 0.5) is 4.39 Å². The van der Waals surface area contributed by atoms with Gasteiger partial charge < -0.3 is 10.6 Å². The standard InChI is InChI=1S/C17H23FN4S/c1-4-14-10-20-16(23-14)11-22-17(19-5-2)21-9-13-6-7-15(18)12(3)8-13/h6-8,10H,4-5,9,11H2,1-3H3,(H2,19,21,22). The Bertz CT molecular complexity index is 666. The van der Waals surface area contributed by atoms with Crippen LogP contribution in [0.25, 0.3) is 0 Å². The van der Waals surface area contributed by atoms with Crippen molar-refractivity contribution in [3.8, 4) is 0 Å². The molecule has 0 spiro atoms. The van der Waals surface area contributed by atoms with Crippen LogP contribution in [0.5, 0.6) is 0 Å². The fourth-order valence-electron chi connectivity index (χ4n) is 2.07. The van der Waals surface area contributed by atoms with E-state index in [2.05, 4.69) is 27.5 Å². The van der Waals surface area contributed by atoms with Crippen LogP contribution in [-0.4, -0.2) is 17.5 Å². The van der Waals surface area contributed by atoms with E-state index in [9.17, 15) is 4.39 Å². The monoisotopic (exact) mass is 334 g/mol. The minimum absolute atomic E-state index is 0.182. The van der Waals surface area contributed by atoms with E-state index in [-0.39, 0.29) is 5.82 Å². The van der Waals surface area contributed by atoms with E-state index in [0.717, 1.165) is 29.5 Å². The molecule has 0 radical (unpaired) electrons. The number of nitrogens with zero attached hydrogens (tertiary/aromatic N) is 2. The third-order valence-corrected chi connectivity index (χ3v) is 4.48. The van der Waals surface area contributed by atoms with E-state index >= 15 is 0 Å². The molecule has 23 heavy (non-hydrogen) atoms. The zero-order valence-corrected chi connectivity index (χ0v) is 14.6. The van der Waals surface area contributed by atoms with Crippen LogP contribution in [-0.2, 0) is 19.5 Å². The molecule has 0 aliphatic carbocycles. The number of aromatic nitrogens is 1. The van der Waals surface area contributed by atoms with Crippen molar-refractivity contribution in [3.05, 3.63) is 51.2 Å². The third kappa shape index (κ3) is 5.32. The van der Waals surface area contributed by atoms with Gasteiger partial charge in [-0.25, -0.2) is 14.4 Å². The second-order valence-electron chi connectivity index (χ2n) is 5.21. The van der Waals surface area contributed by atoms with Crippen molar-refractivity contribution < 1.29 is 4.39 Å². The van der Waals surface area contributed by atoms with Crippen LogP contribution in [0, 0.1) is 12.7 Å². The summed E-state index contributed by atoms with van der Waals surface area (Å²) < 4.78 is 13.3. The fourth-order valence-corrected chi connectivity index (χ4v) is 2.87. The Kier molecular flexibility index (Phi) is 6.52. The molecule has 0 saturated heterocycles. The average Bonchev–Trinajstić information content (AvgIpc) is 3.01. The van der Waals surface area contributed by atoms with Gasteiger partial charge in [0.1, 0.15) is 10.8 Å². The van der Waals surface area contributed by atoms with Gasteiger partial charge in [0, 0.05) is 17.6 Å².